The van der Waals surface area contributed by atoms with Crippen molar-refractivity contribution in [3.8, 4) is 0 Å². The van der Waals surface area contributed by atoms with Gasteiger partial charge in [0.15, 0.2) is 34.3 Å². The summed E-state index contributed by atoms with van der Waals surface area (Å²) in [4.78, 5) is 13.2. The van der Waals surface area contributed by atoms with Gasteiger partial charge in [0.1, 0.15) is 30.2 Å². The molecule has 0 aliphatic carbocycles. The van der Waals surface area contributed by atoms with E-state index in [1.807, 2.05) is 34.9 Å². The normalized spacial score (nSPS) is 28.2. The maximum absolute atomic E-state index is 7.22. The van der Waals surface area contributed by atoms with Crippen molar-refractivity contribution in [3.63, 3.8) is 0 Å². The summed E-state index contributed by atoms with van der Waals surface area (Å²) in [7, 11) is -4.70. The smallest absolute Gasteiger partial charge is 0.327 e. The van der Waals surface area contributed by atoms with Crippen LogP contribution in [0.4, 0.5) is 5.82 Å². The topological polar surface area (TPSA) is 125 Å². The van der Waals surface area contributed by atoms with Gasteiger partial charge >= 0.3 is 6.72 Å². The number of rotatable bonds is 9. The Bertz CT molecular complexity index is 1560. The molecule has 2 aliphatic heterocycles. The highest BCUT2D eigenvalue weighted by Gasteiger charge is 2.55. The van der Waals surface area contributed by atoms with Crippen LogP contribution in [0.3, 0.4) is 0 Å². The van der Waals surface area contributed by atoms with Crippen molar-refractivity contribution in [3.05, 3.63) is 48.5 Å². The van der Waals surface area contributed by atoms with Crippen molar-refractivity contribution in [1.82, 2.24) is 19.5 Å². The molecule has 2 aliphatic rings. The Morgan fingerprint density at radius 3 is 2.22 bits per heavy atom. The highest BCUT2D eigenvalue weighted by atomic mass is 32.5. The summed E-state index contributed by atoms with van der Waals surface area (Å²) >= 11 is 5.91. The van der Waals surface area contributed by atoms with Crippen LogP contribution in [0.15, 0.2) is 43.0 Å². The van der Waals surface area contributed by atoms with E-state index in [4.69, 9.17) is 44.7 Å². The van der Waals surface area contributed by atoms with Gasteiger partial charge in [0.05, 0.1) is 25.6 Å². The number of benzene rings is 1. The van der Waals surface area contributed by atoms with E-state index in [0.29, 0.717) is 30.0 Å². The van der Waals surface area contributed by atoms with Crippen molar-refractivity contribution in [2.24, 2.45) is 0 Å². The minimum atomic E-state index is -3.09. The van der Waals surface area contributed by atoms with Crippen LogP contribution in [0.25, 0.3) is 11.2 Å². The number of fused-ring (bicyclic) bond motifs is 1. The second-order valence-corrected chi connectivity index (χ2v) is 27.7. The fraction of sp³-hybridized carbons (Fsp3) is 0.645. The lowest BCUT2D eigenvalue weighted by Gasteiger charge is -2.44. The van der Waals surface area contributed by atoms with E-state index in [2.05, 4.69) is 82.7 Å². The molecule has 2 unspecified atom stereocenters. The molecule has 11 nitrogen and oxygen atoms in total. The zero-order valence-corrected chi connectivity index (χ0v) is 32.4. The third-order valence-corrected chi connectivity index (χ3v) is 21.2. The standard InChI is InChI=1S/C31H50N5O6PSSi2/c1-30(2,3)45(7,8)41-25-23(18-38-43(44)37-17-16-22(40-43)21-14-12-11-13-15-21)39-29(26(25)42-46(9,10)31(4,5)6)36-20-35-24-27(32)33-19-34-28(24)36/h11-15,19-20,22-23,25-26,29H,16-18H2,1-10H3,(H2,32,33,34)/t22?,23-,25-,26-,29-,43?/m1/s1. The first-order valence-corrected chi connectivity index (χ1v) is 24.3. The Kier molecular flexibility index (Phi) is 10.1. The average Bonchev–Trinajstić information content (AvgIpc) is 3.53. The molecule has 0 amide bonds. The third kappa shape index (κ3) is 7.36. The molecule has 2 saturated heterocycles. The molecule has 2 fully saturated rings. The van der Waals surface area contributed by atoms with Gasteiger partial charge in [-0.2, -0.15) is 0 Å². The molecule has 6 atom stereocenters. The zero-order valence-electron chi connectivity index (χ0n) is 28.7. The van der Waals surface area contributed by atoms with E-state index in [9.17, 15) is 0 Å². The molecular weight excluding hydrogens is 658 g/mol. The molecule has 0 saturated carbocycles. The lowest BCUT2D eigenvalue weighted by atomic mass is 10.1. The fourth-order valence-corrected chi connectivity index (χ4v) is 9.78. The quantitative estimate of drug-likeness (QED) is 0.176. The van der Waals surface area contributed by atoms with Crippen LogP contribution in [0, 0.1) is 0 Å². The second kappa shape index (κ2) is 13.0. The van der Waals surface area contributed by atoms with Crippen molar-refractivity contribution in [1.29, 1.82) is 0 Å². The summed E-state index contributed by atoms with van der Waals surface area (Å²) < 4.78 is 42.0. The van der Waals surface area contributed by atoms with Crippen LogP contribution in [-0.4, -0.2) is 67.7 Å². The maximum Gasteiger partial charge on any atom is 0.327 e. The van der Waals surface area contributed by atoms with Gasteiger partial charge in [-0.05, 0) is 53.6 Å². The number of nitrogen functional groups attached to an aromatic ring is 1. The first-order chi connectivity index (χ1) is 21.3. The van der Waals surface area contributed by atoms with Gasteiger partial charge in [0.2, 0.25) is 0 Å². The van der Waals surface area contributed by atoms with Crippen LogP contribution in [-0.2, 0) is 39.0 Å². The fourth-order valence-electron chi connectivity index (χ4n) is 5.06. The van der Waals surface area contributed by atoms with E-state index in [1.165, 1.54) is 6.33 Å². The van der Waals surface area contributed by atoms with E-state index < -0.39 is 47.9 Å². The number of nitrogens with two attached hydrogens (primary N) is 1. The average molecular weight is 708 g/mol. The molecule has 254 valence electrons. The predicted octanol–water partition coefficient (Wildman–Crippen LogP) is 7.51. The predicted molar refractivity (Wildman–Crippen MR) is 189 cm³/mol. The molecule has 3 aromatic rings. The Morgan fingerprint density at radius 2 is 1.59 bits per heavy atom. The summed E-state index contributed by atoms with van der Waals surface area (Å²) in [6, 6.07) is 10.1. The summed E-state index contributed by atoms with van der Waals surface area (Å²) in [6.07, 6.45) is 1.48. The van der Waals surface area contributed by atoms with Crippen molar-refractivity contribution in [2.45, 2.75) is 115 Å². The molecular formula is C31H50N5O6PSSi2. The van der Waals surface area contributed by atoms with E-state index >= 15 is 0 Å². The van der Waals surface area contributed by atoms with Gasteiger partial charge in [0.25, 0.3) is 0 Å². The molecule has 2 aromatic heterocycles. The Hall–Kier alpha value is -1.59. The van der Waals surface area contributed by atoms with E-state index in [-0.39, 0.29) is 22.8 Å². The summed E-state index contributed by atoms with van der Waals surface area (Å²) in [6.45, 7) is 19.8. The molecule has 5 rings (SSSR count). The number of hydrogen-bond donors (Lipinski definition) is 1. The number of anilines is 1. The lowest BCUT2D eigenvalue weighted by Crippen LogP contribution is -2.54. The summed E-state index contributed by atoms with van der Waals surface area (Å²) in [5, 5.41) is -0.129. The van der Waals surface area contributed by atoms with E-state index in [1.54, 1.807) is 6.33 Å². The zero-order chi connectivity index (χ0) is 33.7. The minimum Gasteiger partial charge on any atom is -0.408 e. The molecule has 46 heavy (non-hydrogen) atoms. The lowest BCUT2D eigenvalue weighted by molar-refractivity contribution is -0.0515. The summed E-state index contributed by atoms with van der Waals surface area (Å²) in [5.74, 6) is 0.301. The molecule has 0 bridgehead atoms. The second-order valence-electron chi connectivity index (χ2n) is 15.2. The number of imidazole rings is 1. The van der Waals surface area contributed by atoms with Crippen molar-refractivity contribution in [2.75, 3.05) is 18.9 Å². The van der Waals surface area contributed by atoms with Crippen molar-refractivity contribution >= 4 is 52.1 Å². The number of hydrogen-bond acceptors (Lipinski definition) is 11. The highest BCUT2D eigenvalue weighted by molar-refractivity contribution is 8.07. The molecule has 15 heteroatoms. The van der Waals surface area contributed by atoms with Gasteiger partial charge in [-0.15, -0.1) is 0 Å². The monoisotopic (exact) mass is 707 g/mol. The molecule has 4 heterocycles. The Morgan fingerprint density at radius 1 is 0.957 bits per heavy atom. The van der Waals surface area contributed by atoms with Crippen molar-refractivity contribution < 1.29 is 27.2 Å². The van der Waals surface area contributed by atoms with Gasteiger partial charge in [-0.1, -0.05) is 71.9 Å². The molecule has 1 aromatic carbocycles. The van der Waals surface area contributed by atoms with Crippen LogP contribution >= 0.6 is 6.72 Å². The van der Waals surface area contributed by atoms with Crippen LogP contribution in [0.1, 0.15) is 65.9 Å². The molecule has 0 radical (unpaired) electrons. The molecule has 2 N–H and O–H groups in total. The Balaban J connectivity index is 1.52. The number of ether oxygens (including phenoxy) is 1. The van der Waals surface area contributed by atoms with Gasteiger partial charge in [0, 0.05) is 6.42 Å². The van der Waals surface area contributed by atoms with Gasteiger partial charge in [-0.3, -0.25) is 4.57 Å². The van der Waals surface area contributed by atoms with Gasteiger partial charge in [-0.25, -0.2) is 15.0 Å². The number of aromatic nitrogens is 4. The molecule has 0 spiro atoms. The van der Waals surface area contributed by atoms with Crippen LogP contribution in [0.5, 0.6) is 0 Å². The first kappa shape index (κ1) is 35.7. The van der Waals surface area contributed by atoms with Crippen LogP contribution in [0.2, 0.25) is 36.3 Å². The van der Waals surface area contributed by atoms with Gasteiger partial charge < -0.3 is 32.9 Å². The van der Waals surface area contributed by atoms with Crippen LogP contribution < -0.4 is 5.73 Å². The SMILES string of the molecule is CC(C)(C)[Si](C)(C)O[C@@H]1[C@H](O[Si](C)(C)C(C)(C)C)[C@@H](COP2(=S)OCCC(c3ccccc3)O2)O[C@H]1n1cnc2c(N)ncnc21. The van der Waals surface area contributed by atoms with E-state index in [0.717, 1.165) is 5.56 Å². The Labute approximate surface area is 280 Å². The first-order valence-electron chi connectivity index (χ1n) is 15.9. The third-order valence-electron chi connectivity index (χ3n) is 9.87. The minimum absolute atomic E-state index is 0.0634. The largest absolute Gasteiger partial charge is 0.408 e. The highest BCUT2D eigenvalue weighted by Crippen LogP contribution is 2.58. The maximum atomic E-state index is 7.22. The summed E-state index contributed by atoms with van der Waals surface area (Å²) in [5.41, 5.74) is 8.30. The number of nitrogens with zero attached hydrogens (tertiary/aromatic N) is 4.